The fourth-order valence-electron chi connectivity index (χ4n) is 2.55. The first kappa shape index (κ1) is 20.8. The number of halogens is 2. The van der Waals surface area contributed by atoms with Gasteiger partial charge in [0.25, 0.3) is 15.9 Å². The molecule has 29 heavy (non-hydrogen) atoms. The van der Waals surface area contributed by atoms with E-state index in [0.717, 1.165) is 24.3 Å². The van der Waals surface area contributed by atoms with Crippen LogP contribution in [0.5, 0.6) is 0 Å². The lowest BCUT2D eigenvalue weighted by molar-refractivity contribution is 0.0939. The molecule has 0 bridgehead atoms. The molecule has 3 aromatic rings. The summed E-state index contributed by atoms with van der Waals surface area (Å²) in [6.07, 6.45) is 1.63. The van der Waals surface area contributed by atoms with Gasteiger partial charge in [0.05, 0.1) is 27.3 Å². The summed E-state index contributed by atoms with van der Waals surface area (Å²) in [5.74, 6) is -0.968. The number of rotatable bonds is 6. The zero-order chi connectivity index (χ0) is 21.0. The Kier molecular flexibility index (Phi) is 6.14. The van der Waals surface area contributed by atoms with Crippen molar-refractivity contribution in [1.29, 1.82) is 0 Å². The van der Waals surface area contributed by atoms with Crippen LogP contribution in [-0.2, 0) is 10.0 Å². The third-order valence-electron chi connectivity index (χ3n) is 4.08. The second-order valence-electron chi connectivity index (χ2n) is 6.20. The molecule has 9 heteroatoms. The molecule has 2 N–H and O–H groups in total. The van der Waals surface area contributed by atoms with Gasteiger partial charge in [0.15, 0.2) is 0 Å². The van der Waals surface area contributed by atoms with Gasteiger partial charge >= 0.3 is 0 Å². The maximum Gasteiger partial charge on any atom is 0.261 e. The van der Waals surface area contributed by atoms with Gasteiger partial charge in [-0.1, -0.05) is 17.7 Å². The van der Waals surface area contributed by atoms with Crippen LogP contribution in [0.2, 0.25) is 5.02 Å². The Morgan fingerprint density at radius 1 is 1.10 bits per heavy atom. The van der Waals surface area contributed by atoms with Crippen molar-refractivity contribution in [2.45, 2.75) is 17.9 Å². The summed E-state index contributed by atoms with van der Waals surface area (Å²) in [6.45, 7) is 1.79. The van der Waals surface area contributed by atoms with E-state index in [-0.39, 0.29) is 27.2 Å². The van der Waals surface area contributed by atoms with Crippen LogP contribution < -0.4 is 10.0 Å². The van der Waals surface area contributed by atoms with Gasteiger partial charge in [-0.3, -0.25) is 14.5 Å². The predicted molar refractivity (Wildman–Crippen MR) is 109 cm³/mol. The standard InChI is InChI=1S/C20H17ClFN3O3S/c1-13(18-4-2-3-11-23-18)24-20(26)14-5-10-17(21)19(12-14)25-29(27,28)16-8-6-15(22)7-9-16/h2-13,25H,1H3,(H,24,26). The number of aromatic nitrogens is 1. The number of anilines is 1. The maximum absolute atomic E-state index is 13.0. The molecule has 0 aliphatic heterocycles. The quantitative estimate of drug-likeness (QED) is 0.610. The molecular weight excluding hydrogens is 417 g/mol. The van der Waals surface area contributed by atoms with E-state index in [9.17, 15) is 17.6 Å². The number of pyridine rings is 1. The molecule has 2 aromatic carbocycles. The van der Waals surface area contributed by atoms with Gasteiger partial charge < -0.3 is 5.32 Å². The predicted octanol–water partition coefficient (Wildman–Crippen LogP) is 4.17. The van der Waals surface area contributed by atoms with Crippen LogP contribution in [-0.4, -0.2) is 19.3 Å². The number of amides is 1. The minimum atomic E-state index is -4.00. The highest BCUT2D eigenvalue weighted by Crippen LogP contribution is 2.26. The van der Waals surface area contributed by atoms with Crippen LogP contribution in [0.1, 0.15) is 29.0 Å². The van der Waals surface area contributed by atoms with Crippen molar-refractivity contribution in [3.05, 3.63) is 89.0 Å². The molecule has 0 fully saturated rings. The van der Waals surface area contributed by atoms with Crippen LogP contribution >= 0.6 is 11.6 Å². The van der Waals surface area contributed by atoms with Crippen molar-refractivity contribution >= 4 is 33.2 Å². The molecule has 3 rings (SSSR count). The molecule has 1 unspecified atom stereocenters. The van der Waals surface area contributed by atoms with E-state index in [1.807, 2.05) is 6.07 Å². The smallest absolute Gasteiger partial charge is 0.261 e. The monoisotopic (exact) mass is 433 g/mol. The molecule has 0 aliphatic carbocycles. The zero-order valence-electron chi connectivity index (χ0n) is 15.3. The summed E-state index contributed by atoms with van der Waals surface area (Å²) in [5, 5.41) is 2.91. The number of carbonyl (C=O) groups is 1. The van der Waals surface area contributed by atoms with Crippen LogP contribution in [0.4, 0.5) is 10.1 Å². The summed E-state index contributed by atoms with van der Waals surface area (Å²) < 4.78 is 40.4. The number of sulfonamides is 1. The van der Waals surface area contributed by atoms with Crippen molar-refractivity contribution in [2.75, 3.05) is 4.72 Å². The van der Waals surface area contributed by atoms with Gasteiger partial charge in [0, 0.05) is 11.8 Å². The number of nitrogens with one attached hydrogen (secondary N) is 2. The number of benzene rings is 2. The summed E-state index contributed by atoms with van der Waals surface area (Å²) in [6, 6.07) is 13.6. The molecule has 6 nitrogen and oxygen atoms in total. The molecule has 0 radical (unpaired) electrons. The lowest BCUT2D eigenvalue weighted by Gasteiger charge is -2.15. The Morgan fingerprint density at radius 3 is 2.48 bits per heavy atom. The largest absolute Gasteiger partial charge is 0.344 e. The SMILES string of the molecule is CC(NC(=O)c1ccc(Cl)c(NS(=O)(=O)c2ccc(F)cc2)c1)c1ccccn1. The zero-order valence-corrected chi connectivity index (χ0v) is 16.8. The van der Waals surface area contributed by atoms with E-state index in [1.165, 1.54) is 18.2 Å². The number of hydrogen-bond acceptors (Lipinski definition) is 4. The average molecular weight is 434 g/mol. The van der Waals surface area contributed by atoms with Gasteiger partial charge in [-0.15, -0.1) is 0 Å². The summed E-state index contributed by atoms with van der Waals surface area (Å²) in [5.41, 5.74) is 0.940. The molecule has 0 saturated carbocycles. The Morgan fingerprint density at radius 2 is 1.83 bits per heavy atom. The van der Waals surface area contributed by atoms with Crippen LogP contribution in [0.25, 0.3) is 0 Å². The minimum Gasteiger partial charge on any atom is -0.344 e. The molecule has 1 aromatic heterocycles. The topological polar surface area (TPSA) is 88.2 Å². The van der Waals surface area contributed by atoms with Gasteiger partial charge in [0.2, 0.25) is 0 Å². The Balaban J connectivity index is 1.80. The van der Waals surface area contributed by atoms with Crippen molar-refractivity contribution in [3.63, 3.8) is 0 Å². The summed E-state index contributed by atoms with van der Waals surface area (Å²) in [4.78, 5) is 16.6. The lowest BCUT2D eigenvalue weighted by Crippen LogP contribution is -2.27. The molecule has 0 aliphatic rings. The fourth-order valence-corrected chi connectivity index (χ4v) is 3.84. The molecule has 1 heterocycles. The van der Waals surface area contributed by atoms with Gasteiger partial charge in [-0.2, -0.15) is 0 Å². The number of carbonyl (C=O) groups excluding carboxylic acids is 1. The van der Waals surface area contributed by atoms with Gasteiger partial charge in [-0.25, -0.2) is 12.8 Å². The minimum absolute atomic E-state index is 0.0362. The van der Waals surface area contributed by atoms with Gasteiger partial charge in [-0.05, 0) is 61.5 Å². The van der Waals surface area contributed by atoms with Crippen LogP contribution in [0.15, 0.2) is 71.8 Å². The van der Waals surface area contributed by atoms with E-state index >= 15 is 0 Å². The first-order chi connectivity index (χ1) is 13.8. The van der Waals surface area contributed by atoms with E-state index in [4.69, 9.17) is 11.6 Å². The van der Waals surface area contributed by atoms with Crippen molar-refractivity contribution in [3.8, 4) is 0 Å². The Labute approximate surface area is 172 Å². The summed E-state index contributed by atoms with van der Waals surface area (Å²) >= 11 is 6.09. The first-order valence-corrected chi connectivity index (χ1v) is 10.4. The third-order valence-corrected chi connectivity index (χ3v) is 5.79. The van der Waals surface area contributed by atoms with E-state index in [1.54, 1.807) is 25.3 Å². The lowest BCUT2D eigenvalue weighted by atomic mass is 10.1. The number of hydrogen-bond donors (Lipinski definition) is 2. The maximum atomic E-state index is 13.0. The molecule has 150 valence electrons. The highest BCUT2D eigenvalue weighted by molar-refractivity contribution is 7.92. The van der Waals surface area contributed by atoms with Gasteiger partial charge in [0.1, 0.15) is 5.82 Å². The van der Waals surface area contributed by atoms with E-state index in [0.29, 0.717) is 5.69 Å². The first-order valence-electron chi connectivity index (χ1n) is 8.56. The normalized spacial score (nSPS) is 12.2. The third kappa shape index (κ3) is 5.10. The summed E-state index contributed by atoms with van der Waals surface area (Å²) in [7, 11) is -4.00. The highest BCUT2D eigenvalue weighted by atomic mass is 35.5. The average Bonchev–Trinajstić information content (AvgIpc) is 2.70. The van der Waals surface area contributed by atoms with Crippen molar-refractivity contribution in [1.82, 2.24) is 10.3 Å². The molecular formula is C20H17ClFN3O3S. The van der Waals surface area contributed by atoms with Crippen molar-refractivity contribution in [2.24, 2.45) is 0 Å². The Hall–Kier alpha value is -2.97. The van der Waals surface area contributed by atoms with Crippen molar-refractivity contribution < 1.29 is 17.6 Å². The number of nitrogens with zero attached hydrogens (tertiary/aromatic N) is 1. The fraction of sp³-hybridized carbons (Fsp3) is 0.100. The molecule has 1 atom stereocenters. The second-order valence-corrected chi connectivity index (χ2v) is 8.29. The molecule has 1 amide bonds. The van der Waals surface area contributed by atoms with E-state index in [2.05, 4.69) is 15.0 Å². The van der Waals surface area contributed by atoms with Crippen LogP contribution in [0, 0.1) is 5.82 Å². The Bertz CT molecular complexity index is 1120. The van der Waals surface area contributed by atoms with Crippen LogP contribution in [0.3, 0.4) is 0 Å². The molecule has 0 spiro atoms. The second kappa shape index (κ2) is 8.59. The molecule has 0 saturated heterocycles. The van der Waals surface area contributed by atoms with E-state index < -0.39 is 21.7 Å². The highest BCUT2D eigenvalue weighted by Gasteiger charge is 2.18.